The number of aromatic nitrogens is 2. The van der Waals surface area contributed by atoms with Gasteiger partial charge in [0.25, 0.3) is 0 Å². The summed E-state index contributed by atoms with van der Waals surface area (Å²) in [6, 6.07) is 62.1. The zero-order valence-corrected chi connectivity index (χ0v) is 38.9. The number of fused-ring (bicyclic) bond motifs is 12. The third-order valence-electron chi connectivity index (χ3n) is 14.3. The van der Waals surface area contributed by atoms with Crippen LogP contribution in [0.1, 0.15) is 52.7 Å². The van der Waals surface area contributed by atoms with E-state index >= 15 is 8.78 Å². The van der Waals surface area contributed by atoms with Gasteiger partial charge < -0.3 is 18.6 Å². The molecule has 4 aromatic heterocycles. The van der Waals surface area contributed by atoms with Crippen LogP contribution in [0.25, 0.3) is 76.2 Å². The molecule has 13 aromatic rings. The van der Waals surface area contributed by atoms with E-state index in [-0.39, 0.29) is 22.5 Å². The molecule has 0 amide bonds. The molecule has 0 aliphatic carbocycles. The van der Waals surface area contributed by atoms with Gasteiger partial charge in [0.05, 0.1) is 44.5 Å². The summed E-state index contributed by atoms with van der Waals surface area (Å²) >= 11 is 0. The Morgan fingerprint density at radius 1 is 0.338 bits per heavy atom. The Morgan fingerprint density at radius 3 is 1.12 bits per heavy atom. The first-order valence-corrected chi connectivity index (χ1v) is 23.5. The highest BCUT2D eigenvalue weighted by Crippen LogP contribution is 2.52. The van der Waals surface area contributed by atoms with Crippen molar-refractivity contribution in [3.05, 3.63) is 205 Å². The van der Waals surface area contributed by atoms with E-state index in [2.05, 4.69) is 157 Å². The molecule has 0 spiro atoms. The Hall–Kier alpha value is -7.96. The van der Waals surface area contributed by atoms with Crippen LogP contribution in [0.15, 0.2) is 182 Å². The van der Waals surface area contributed by atoms with Crippen LogP contribution >= 0.6 is 0 Å². The Labute approximate surface area is 393 Å². The van der Waals surface area contributed by atoms with Crippen molar-refractivity contribution in [1.82, 2.24) is 8.80 Å². The Balaban J connectivity index is 1.16. The molecule has 0 saturated heterocycles. The lowest BCUT2D eigenvalue weighted by Crippen LogP contribution is -2.11. The summed E-state index contributed by atoms with van der Waals surface area (Å²) in [7, 11) is 0. The highest BCUT2D eigenvalue weighted by atomic mass is 19.1. The maximum absolute atomic E-state index is 15.2. The summed E-state index contributed by atoms with van der Waals surface area (Å²) in [5, 5.41) is 9.20. The highest BCUT2D eigenvalue weighted by molar-refractivity contribution is 6.32. The molecule has 0 atom stereocenters. The lowest BCUT2D eigenvalue weighted by molar-refractivity contribution is 0.591. The van der Waals surface area contributed by atoms with Gasteiger partial charge in [-0.15, -0.1) is 0 Å². The zero-order valence-electron chi connectivity index (χ0n) is 38.9. The normalized spacial score (nSPS) is 12.7. The van der Waals surface area contributed by atoms with Crippen molar-refractivity contribution in [2.75, 3.05) is 9.80 Å². The molecular formula is C62H48F2N4. The van der Waals surface area contributed by atoms with Crippen LogP contribution in [-0.2, 0) is 10.8 Å². The summed E-state index contributed by atoms with van der Waals surface area (Å²) in [4.78, 5) is 4.40. The molecule has 4 nitrogen and oxygen atoms in total. The number of hydrogen-bond acceptors (Lipinski definition) is 2. The molecule has 0 N–H and O–H groups in total. The molecule has 0 aliphatic heterocycles. The molecule has 4 heterocycles. The first kappa shape index (κ1) is 40.3. The van der Waals surface area contributed by atoms with Crippen LogP contribution in [0.3, 0.4) is 0 Å². The Kier molecular flexibility index (Phi) is 8.46. The largest absolute Gasteiger partial charge is 0.310 e. The second-order valence-electron chi connectivity index (χ2n) is 20.5. The first-order valence-electron chi connectivity index (χ1n) is 23.5. The SMILES string of the molecule is CC(C)(C)c1ccc2c(c1)c1c(N(c3ccccc3)c3cccc(F)c3)ccc3c4cc5c(cc4n2c31)c1ccc(N(c2ccccc2)c2cccc(F)c2)c2c3cc(C(C)(C)C)ccc3n5c12. The minimum atomic E-state index is -0.282. The van der Waals surface area contributed by atoms with E-state index in [1.807, 2.05) is 48.5 Å². The van der Waals surface area contributed by atoms with Gasteiger partial charge in [-0.25, -0.2) is 8.78 Å². The van der Waals surface area contributed by atoms with Crippen molar-refractivity contribution < 1.29 is 8.78 Å². The molecule has 13 rings (SSSR count). The smallest absolute Gasteiger partial charge is 0.125 e. The zero-order chi connectivity index (χ0) is 46.4. The third-order valence-corrected chi connectivity index (χ3v) is 14.3. The van der Waals surface area contributed by atoms with Crippen molar-refractivity contribution in [2.45, 2.75) is 52.4 Å². The summed E-state index contributed by atoms with van der Waals surface area (Å²) < 4.78 is 35.3. The van der Waals surface area contributed by atoms with Gasteiger partial charge in [-0.1, -0.05) is 114 Å². The van der Waals surface area contributed by atoms with Crippen LogP contribution in [0.5, 0.6) is 0 Å². The Bertz CT molecular complexity index is 3860. The molecule has 0 saturated carbocycles. The molecule has 0 aliphatic rings. The Morgan fingerprint density at radius 2 is 0.735 bits per heavy atom. The number of para-hydroxylation sites is 2. The van der Waals surface area contributed by atoms with Crippen LogP contribution in [0.4, 0.5) is 42.9 Å². The van der Waals surface area contributed by atoms with Gasteiger partial charge in [0, 0.05) is 65.8 Å². The average molecular weight is 887 g/mol. The maximum Gasteiger partial charge on any atom is 0.125 e. The van der Waals surface area contributed by atoms with Gasteiger partial charge in [-0.05, 0) is 131 Å². The van der Waals surface area contributed by atoms with E-state index in [4.69, 9.17) is 0 Å². The molecule has 0 fully saturated rings. The predicted octanol–water partition coefficient (Wildman–Crippen LogP) is 17.8. The van der Waals surface area contributed by atoms with Gasteiger partial charge in [0.15, 0.2) is 0 Å². The predicted molar refractivity (Wildman–Crippen MR) is 282 cm³/mol. The lowest BCUT2D eigenvalue weighted by atomic mass is 9.86. The van der Waals surface area contributed by atoms with Crippen molar-refractivity contribution >= 4 is 110 Å². The number of halogens is 2. The minimum absolute atomic E-state index is 0.0862. The van der Waals surface area contributed by atoms with Gasteiger partial charge in [-0.3, -0.25) is 0 Å². The van der Waals surface area contributed by atoms with E-state index in [9.17, 15) is 0 Å². The molecule has 330 valence electrons. The number of hydrogen-bond donors (Lipinski definition) is 0. The number of benzene rings is 9. The second-order valence-corrected chi connectivity index (χ2v) is 20.5. The van der Waals surface area contributed by atoms with Gasteiger partial charge in [-0.2, -0.15) is 0 Å². The van der Waals surface area contributed by atoms with E-state index < -0.39 is 0 Å². The second kappa shape index (κ2) is 14.3. The molecule has 9 aromatic carbocycles. The van der Waals surface area contributed by atoms with Crippen LogP contribution in [0.2, 0.25) is 0 Å². The summed E-state index contributed by atoms with van der Waals surface area (Å²) in [6.07, 6.45) is 0. The maximum atomic E-state index is 15.2. The number of nitrogens with zero attached hydrogens (tertiary/aromatic N) is 4. The molecule has 0 unspecified atom stereocenters. The summed E-state index contributed by atoms with van der Waals surface area (Å²) in [5.74, 6) is -0.564. The lowest BCUT2D eigenvalue weighted by Gasteiger charge is -2.26. The van der Waals surface area contributed by atoms with E-state index in [1.54, 1.807) is 24.3 Å². The average Bonchev–Trinajstić information content (AvgIpc) is 4.05. The molecule has 68 heavy (non-hydrogen) atoms. The van der Waals surface area contributed by atoms with Gasteiger partial charge in [0.2, 0.25) is 0 Å². The fraction of sp³-hybridized carbons (Fsp3) is 0.129. The molecular weight excluding hydrogens is 839 g/mol. The van der Waals surface area contributed by atoms with Gasteiger partial charge >= 0.3 is 0 Å². The van der Waals surface area contributed by atoms with Crippen LogP contribution in [0, 0.1) is 11.6 Å². The molecule has 0 radical (unpaired) electrons. The quantitative estimate of drug-likeness (QED) is 0.165. The first-order chi connectivity index (χ1) is 32.8. The van der Waals surface area contributed by atoms with Crippen LogP contribution in [-0.4, -0.2) is 8.80 Å². The van der Waals surface area contributed by atoms with Gasteiger partial charge in [0.1, 0.15) is 11.6 Å². The van der Waals surface area contributed by atoms with E-state index in [1.165, 1.54) is 23.3 Å². The minimum Gasteiger partial charge on any atom is -0.310 e. The monoisotopic (exact) mass is 886 g/mol. The van der Waals surface area contributed by atoms with Crippen molar-refractivity contribution in [1.29, 1.82) is 0 Å². The topological polar surface area (TPSA) is 15.3 Å². The molecule has 6 heteroatoms. The summed E-state index contributed by atoms with van der Waals surface area (Å²) in [6.45, 7) is 13.6. The fourth-order valence-corrected chi connectivity index (χ4v) is 11.1. The number of anilines is 6. The van der Waals surface area contributed by atoms with Crippen molar-refractivity contribution in [3.8, 4) is 0 Å². The van der Waals surface area contributed by atoms with E-state index in [0.717, 1.165) is 110 Å². The molecule has 0 bridgehead atoms. The third kappa shape index (κ3) is 5.83. The van der Waals surface area contributed by atoms with Crippen molar-refractivity contribution in [3.63, 3.8) is 0 Å². The van der Waals surface area contributed by atoms with Crippen molar-refractivity contribution in [2.24, 2.45) is 0 Å². The number of rotatable bonds is 6. The van der Waals surface area contributed by atoms with E-state index in [0.29, 0.717) is 0 Å². The fourth-order valence-electron chi connectivity index (χ4n) is 11.1. The highest BCUT2D eigenvalue weighted by Gasteiger charge is 2.29. The standard InChI is InChI=1S/C62H48F2N4/c1-61(2,3)37-23-27-51-49(31-37)57-53(65(41-17-9-7-10-18-41)43-21-13-15-39(63)33-43)29-25-45-47-36-56-48(35-55(47)67(51)59(45)57)46-26-30-54(66(42-19-11-8-12-20-42)44-22-14-16-40(64)34-44)58-50-32-38(62(4,5)6)24-28-52(50)68(56)60(46)58/h7-36H,1-6H3. The van der Waals surface area contributed by atoms with Crippen LogP contribution < -0.4 is 9.80 Å². The summed E-state index contributed by atoms with van der Waals surface area (Å²) in [5.41, 5.74) is 14.5.